The second-order valence-corrected chi connectivity index (χ2v) is 7.30. The van der Waals surface area contributed by atoms with Crippen molar-refractivity contribution in [3.63, 3.8) is 0 Å². The predicted octanol–water partition coefficient (Wildman–Crippen LogP) is 1.37. The fourth-order valence-corrected chi connectivity index (χ4v) is 3.73. The third-order valence-corrected chi connectivity index (χ3v) is 5.54. The lowest BCUT2D eigenvalue weighted by atomic mass is 9.85. The number of nitrogens with one attached hydrogen (secondary N) is 1. The quantitative estimate of drug-likeness (QED) is 0.820. The minimum atomic E-state index is -0.0817. The molecule has 27 heavy (non-hydrogen) atoms. The van der Waals surface area contributed by atoms with Crippen molar-refractivity contribution < 1.29 is 14.1 Å². The summed E-state index contributed by atoms with van der Waals surface area (Å²) in [5.41, 5.74) is 0.473. The number of H-pyrrole nitrogens is 1. The van der Waals surface area contributed by atoms with Gasteiger partial charge in [0.15, 0.2) is 5.82 Å². The standard InChI is InChI=1S/C18H24N6O3/c1-12(25)24(10-7-16-20-17(27-22-16)13-3-2-4-13)14-6-9-23(11-14)18(26)15-5-8-19-21-15/h5,8,13-14H,2-4,6-7,9-11H2,1H3,(H,19,21). The van der Waals surface area contributed by atoms with Crippen molar-refractivity contribution in [2.45, 2.75) is 51.0 Å². The highest BCUT2D eigenvalue weighted by molar-refractivity contribution is 5.92. The summed E-state index contributed by atoms with van der Waals surface area (Å²) in [5, 5.41) is 10.6. The van der Waals surface area contributed by atoms with E-state index in [4.69, 9.17) is 4.52 Å². The monoisotopic (exact) mass is 372 g/mol. The molecule has 3 heterocycles. The van der Waals surface area contributed by atoms with Crippen molar-refractivity contribution in [3.8, 4) is 0 Å². The van der Waals surface area contributed by atoms with Crippen LogP contribution in [0.2, 0.25) is 0 Å². The van der Waals surface area contributed by atoms with E-state index in [0.29, 0.717) is 43.5 Å². The molecule has 2 aliphatic rings. The summed E-state index contributed by atoms with van der Waals surface area (Å²) >= 11 is 0. The highest BCUT2D eigenvalue weighted by Crippen LogP contribution is 2.35. The van der Waals surface area contributed by atoms with Crippen LogP contribution < -0.4 is 0 Å². The Hall–Kier alpha value is -2.71. The third kappa shape index (κ3) is 3.72. The Kier molecular flexibility index (Phi) is 4.91. The molecule has 2 aromatic heterocycles. The fraction of sp³-hybridized carbons (Fsp3) is 0.611. The fourth-order valence-electron chi connectivity index (χ4n) is 3.73. The zero-order chi connectivity index (χ0) is 18.8. The van der Waals surface area contributed by atoms with Gasteiger partial charge in [-0.1, -0.05) is 11.6 Å². The van der Waals surface area contributed by atoms with Crippen LogP contribution in [-0.4, -0.2) is 67.6 Å². The number of carbonyl (C=O) groups excluding carboxylic acids is 2. The van der Waals surface area contributed by atoms with Gasteiger partial charge in [-0.05, 0) is 25.3 Å². The Morgan fingerprint density at radius 1 is 1.37 bits per heavy atom. The molecule has 2 fully saturated rings. The van der Waals surface area contributed by atoms with Gasteiger partial charge in [-0.15, -0.1) is 0 Å². The highest BCUT2D eigenvalue weighted by Gasteiger charge is 2.33. The molecule has 1 saturated heterocycles. The van der Waals surface area contributed by atoms with E-state index in [0.717, 1.165) is 25.2 Å². The van der Waals surface area contributed by atoms with Crippen LogP contribution in [0.25, 0.3) is 0 Å². The van der Waals surface area contributed by atoms with Gasteiger partial charge in [0, 0.05) is 45.1 Å². The van der Waals surface area contributed by atoms with Gasteiger partial charge in [0.1, 0.15) is 5.69 Å². The Bertz CT molecular complexity index is 798. The lowest BCUT2D eigenvalue weighted by molar-refractivity contribution is -0.130. The number of amides is 2. The van der Waals surface area contributed by atoms with E-state index in [9.17, 15) is 9.59 Å². The Morgan fingerprint density at radius 3 is 2.89 bits per heavy atom. The van der Waals surface area contributed by atoms with E-state index in [-0.39, 0.29) is 17.9 Å². The van der Waals surface area contributed by atoms with Crippen LogP contribution in [0.15, 0.2) is 16.8 Å². The lowest BCUT2D eigenvalue weighted by Crippen LogP contribution is -2.42. The van der Waals surface area contributed by atoms with Crippen molar-refractivity contribution in [3.05, 3.63) is 29.7 Å². The maximum absolute atomic E-state index is 12.4. The van der Waals surface area contributed by atoms with Gasteiger partial charge >= 0.3 is 0 Å². The molecule has 1 unspecified atom stereocenters. The first-order chi connectivity index (χ1) is 13.1. The molecule has 1 aliphatic carbocycles. The van der Waals surface area contributed by atoms with Crippen LogP contribution >= 0.6 is 0 Å². The topological polar surface area (TPSA) is 108 Å². The molecule has 1 N–H and O–H groups in total. The molecule has 144 valence electrons. The number of rotatable bonds is 6. The summed E-state index contributed by atoms with van der Waals surface area (Å²) in [4.78, 5) is 32.7. The van der Waals surface area contributed by atoms with Crippen molar-refractivity contribution in [1.29, 1.82) is 0 Å². The van der Waals surface area contributed by atoms with Crippen LogP contribution in [0.5, 0.6) is 0 Å². The Labute approximate surface area is 157 Å². The van der Waals surface area contributed by atoms with Gasteiger partial charge in [0.25, 0.3) is 5.91 Å². The van der Waals surface area contributed by atoms with Crippen LogP contribution in [0, 0.1) is 0 Å². The lowest BCUT2D eigenvalue weighted by Gasteiger charge is -2.27. The van der Waals surface area contributed by atoms with E-state index in [1.165, 1.54) is 6.42 Å². The number of hydrogen-bond donors (Lipinski definition) is 1. The first kappa shape index (κ1) is 17.7. The predicted molar refractivity (Wildman–Crippen MR) is 94.9 cm³/mol. The molecule has 0 aromatic carbocycles. The summed E-state index contributed by atoms with van der Waals surface area (Å²) in [6.07, 6.45) is 6.33. The molecular formula is C18H24N6O3. The van der Waals surface area contributed by atoms with Gasteiger partial charge in [-0.25, -0.2) is 0 Å². The zero-order valence-corrected chi connectivity index (χ0v) is 15.4. The van der Waals surface area contributed by atoms with Gasteiger partial charge in [-0.2, -0.15) is 10.1 Å². The van der Waals surface area contributed by atoms with E-state index in [2.05, 4.69) is 20.3 Å². The SMILES string of the molecule is CC(=O)N(CCc1noc(C2CCC2)n1)C1CCN(C(=O)c2ccn[nH]2)C1. The van der Waals surface area contributed by atoms with Crippen LogP contribution in [-0.2, 0) is 11.2 Å². The molecule has 2 amide bonds. The maximum Gasteiger partial charge on any atom is 0.271 e. The van der Waals surface area contributed by atoms with E-state index in [1.807, 2.05) is 4.90 Å². The highest BCUT2D eigenvalue weighted by atomic mass is 16.5. The molecule has 0 spiro atoms. The van der Waals surface area contributed by atoms with Gasteiger partial charge in [0.2, 0.25) is 11.8 Å². The van der Waals surface area contributed by atoms with Crippen LogP contribution in [0.1, 0.15) is 60.7 Å². The van der Waals surface area contributed by atoms with E-state index in [1.54, 1.807) is 24.1 Å². The number of hydrogen-bond acceptors (Lipinski definition) is 6. The zero-order valence-electron chi connectivity index (χ0n) is 15.4. The minimum absolute atomic E-state index is 0.00134. The second-order valence-electron chi connectivity index (χ2n) is 7.30. The molecular weight excluding hydrogens is 348 g/mol. The summed E-state index contributed by atoms with van der Waals surface area (Å²) in [6, 6.07) is 1.67. The summed E-state index contributed by atoms with van der Waals surface area (Å²) in [6.45, 7) is 3.24. The smallest absolute Gasteiger partial charge is 0.271 e. The second kappa shape index (κ2) is 7.50. The molecule has 2 aromatic rings. The molecule has 9 heteroatoms. The van der Waals surface area contributed by atoms with Gasteiger partial charge in [-0.3, -0.25) is 14.7 Å². The minimum Gasteiger partial charge on any atom is -0.339 e. The molecule has 4 rings (SSSR count). The van der Waals surface area contributed by atoms with Crippen molar-refractivity contribution in [1.82, 2.24) is 30.1 Å². The number of likely N-dealkylation sites (tertiary alicyclic amines) is 1. The Morgan fingerprint density at radius 2 is 2.22 bits per heavy atom. The van der Waals surface area contributed by atoms with Gasteiger partial charge in [0.05, 0.1) is 6.04 Å². The number of aromatic nitrogens is 4. The van der Waals surface area contributed by atoms with Crippen molar-refractivity contribution in [2.24, 2.45) is 0 Å². The maximum atomic E-state index is 12.4. The van der Waals surface area contributed by atoms with Crippen LogP contribution in [0.4, 0.5) is 0 Å². The average Bonchev–Trinajstić information content (AvgIpc) is 3.35. The molecule has 1 aliphatic heterocycles. The van der Waals surface area contributed by atoms with Gasteiger partial charge < -0.3 is 14.3 Å². The molecule has 1 atom stereocenters. The number of aromatic amines is 1. The third-order valence-electron chi connectivity index (χ3n) is 5.54. The van der Waals surface area contributed by atoms with Crippen LogP contribution in [0.3, 0.4) is 0 Å². The average molecular weight is 372 g/mol. The van der Waals surface area contributed by atoms with Crippen molar-refractivity contribution in [2.75, 3.05) is 19.6 Å². The first-order valence-electron chi connectivity index (χ1n) is 9.50. The summed E-state index contributed by atoms with van der Waals surface area (Å²) in [5.74, 6) is 1.70. The largest absolute Gasteiger partial charge is 0.339 e. The van der Waals surface area contributed by atoms with E-state index >= 15 is 0 Å². The normalized spacial score (nSPS) is 19.9. The number of nitrogens with zero attached hydrogens (tertiary/aromatic N) is 5. The molecule has 1 saturated carbocycles. The number of carbonyl (C=O) groups is 2. The first-order valence-corrected chi connectivity index (χ1v) is 9.50. The molecule has 0 bridgehead atoms. The molecule has 9 nitrogen and oxygen atoms in total. The van der Waals surface area contributed by atoms with E-state index < -0.39 is 0 Å². The summed E-state index contributed by atoms with van der Waals surface area (Å²) < 4.78 is 5.35. The summed E-state index contributed by atoms with van der Waals surface area (Å²) in [7, 11) is 0. The Balaban J connectivity index is 1.34. The molecule has 0 radical (unpaired) electrons. The van der Waals surface area contributed by atoms with Crippen molar-refractivity contribution >= 4 is 11.8 Å².